The first-order valence-corrected chi connectivity index (χ1v) is 7.11. The van der Waals surface area contributed by atoms with E-state index in [1.807, 2.05) is 0 Å². The Morgan fingerprint density at radius 3 is 3.10 bits per heavy atom. The van der Waals surface area contributed by atoms with Gasteiger partial charge in [0, 0.05) is 12.6 Å². The minimum Gasteiger partial charge on any atom is -0.400 e. The van der Waals surface area contributed by atoms with Crippen LogP contribution in [0.3, 0.4) is 0 Å². The highest BCUT2D eigenvalue weighted by Crippen LogP contribution is 2.20. The maximum Gasteiger partial charge on any atom is 0.433 e. The number of furan rings is 1. The minimum atomic E-state index is -0.576. The summed E-state index contributed by atoms with van der Waals surface area (Å²) in [5.74, 6) is 0.0471. The lowest BCUT2D eigenvalue weighted by atomic mass is 10.0. The van der Waals surface area contributed by atoms with Crippen molar-refractivity contribution in [2.45, 2.75) is 38.6 Å². The predicted octanol–water partition coefficient (Wildman–Crippen LogP) is 3.16. The van der Waals surface area contributed by atoms with E-state index in [1.165, 1.54) is 24.8 Å². The molecule has 6 nitrogen and oxygen atoms in total. The Hall–Kier alpha value is -1.76. The summed E-state index contributed by atoms with van der Waals surface area (Å²) in [6, 6.07) is 3.26. The number of nitrogens with zero attached hydrogens (tertiary/aromatic N) is 3. The molecule has 2 rings (SSSR count). The maximum absolute atomic E-state index is 10.5. The molecule has 1 saturated heterocycles. The second-order valence-corrected chi connectivity index (χ2v) is 5.09. The van der Waals surface area contributed by atoms with Crippen LogP contribution in [0.2, 0.25) is 0 Å². The molecule has 1 atom stereocenters. The molecule has 1 fully saturated rings. The molecular formula is C13H17N3O3S. The number of hydrogen-bond donors (Lipinski definition) is 0. The number of nitro groups is 1. The molecule has 20 heavy (non-hydrogen) atoms. The Morgan fingerprint density at radius 2 is 2.45 bits per heavy atom. The SMILES string of the molecule is CCC1CCCCN1C(=S)/N=C/c1ccc([N+](=O)[O-])o1. The van der Waals surface area contributed by atoms with Crippen molar-refractivity contribution in [2.75, 3.05) is 6.54 Å². The minimum absolute atomic E-state index is 0.290. The van der Waals surface area contributed by atoms with Gasteiger partial charge in [0.1, 0.15) is 4.92 Å². The fourth-order valence-corrected chi connectivity index (χ4v) is 2.67. The molecule has 1 aliphatic heterocycles. The van der Waals surface area contributed by atoms with Crippen LogP contribution >= 0.6 is 12.2 Å². The van der Waals surface area contributed by atoms with E-state index in [4.69, 9.17) is 16.6 Å². The topological polar surface area (TPSA) is 71.9 Å². The largest absolute Gasteiger partial charge is 0.433 e. The molecule has 0 amide bonds. The second-order valence-electron chi connectivity index (χ2n) is 4.73. The molecule has 0 bridgehead atoms. The van der Waals surface area contributed by atoms with E-state index >= 15 is 0 Å². The number of rotatable bonds is 3. The lowest BCUT2D eigenvalue weighted by molar-refractivity contribution is -0.402. The van der Waals surface area contributed by atoms with Gasteiger partial charge in [-0.25, -0.2) is 4.99 Å². The summed E-state index contributed by atoms with van der Waals surface area (Å²) >= 11 is 5.33. The molecule has 1 unspecified atom stereocenters. The highest BCUT2D eigenvalue weighted by molar-refractivity contribution is 7.80. The zero-order valence-corrected chi connectivity index (χ0v) is 12.1. The van der Waals surface area contributed by atoms with E-state index in [-0.39, 0.29) is 5.88 Å². The number of piperidine rings is 1. The Balaban J connectivity index is 2.02. The van der Waals surface area contributed by atoms with Gasteiger partial charge in [-0.15, -0.1) is 0 Å². The van der Waals surface area contributed by atoms with Gasteiger partial charge in [0.15, 0.2) is 10.9 Å². The van der Waals surface area contributed by atoms with Crippen molar-refractivity contribution < 1.29 is 9.34 Å². The molecular weight excluding hydrogens is 278 g/mol. The van der Waals surface area contributed by atoms with Crippen molar-refractivity contribution in [1.82, 2.24) is 4.90 Å². The van der Waals surface area contributed by atoms with Gasteiger partial charge < -0.3 is 9.32 Å². The van der Waals surface area contributed by atoms with Gasteiger partial charge in [-0.1, -0.05) is 6.92 Å². The average molecular weight is 295 g/mol. The molecule has 0 aliphatic carbocycles. The first-order valence-electron chi connectivity index (χ1n) is 6.70. The molecule has 1 aromatic rings. The number of aliphatic imine (C=N–C) groups is 1. The van der Waals surface area contributed by atoms with Gasteiger partial charge in [-0.3, -0.25) is 10.1 Å². The fraction of sp³-hybridized carbons (Fsp3) is 0.538. The molecule has 1 aromatic heterocycles. The fourth-order valence-electron chi connectivity index (χ4n) is 2.38. The van der Waals surface area contributed by atoms with E-state index in [0.29, 0.717) is 16.9 Å². The third-order valence-electron chi connectivity index (χ3n) is 3.44. The van der Waals surface area contributed by atoms with Crippen LogP contribution in [0.25, 0.3) is 0 Å². The van der Waals surface area contributed by atoms with E-state index in [9.17, 15) is 10.1 Å². The van der Waals surface area contributed by atoms with Gasteiger partial charge in [-0.05, 0) is 44.0 Å². The first-order chi connectivity index (χ1) is 9.61. The van der Waals surface area contributed by atoms with E-state index < -0.39 is 4.92 Å². The first kappa shape index (κ1) is 14.6. The van der Waals surface area contributed by atoms with Crippen molar-refractivity contribution in [3.05, 3.63) is 28.0 Å². The molecule has 0 saturated carbocycles. The van der Waals surface area contributed by atoms with Gasteiger partial charge >= 0.3 is 5.88 Å². The molecule has 7 heteroatoms. The highest BCUT2D eigenvalue weighted by atomic mass is 32.1. The molecule has 108 valence electrons. The van der Waals surface area contributed by atoms with Crippen molar-refractivity contribution in [3.8, 4) is 0 Å². The van der Waals surface area contributed by atoms with Crippen molar-refractivity contribution in [1.29, 1.82) is 0 Å². The lowest BCUT2D eigenvalue weighted by Crippen LogP contribution is -2.41. The van der Waals surface area contributed by atoms with Crippen LogP contribution in [0, 0.1) is 10.1 Å². The summed E-state index contributed by atoms with van der Waals surface area (Å²) in [6.45, 7) is 3.07. The third kappa shape index (κ3) is 3.41. The molecule has 0 radical (unpaired) electrons. The summed E-state index contributed by atoms with van der Waals surface area (Å²) in [7, 11) is 0. The maximum atomic E-state index is 10.5. The highest BCUT2D eigenvalue weighted by Gasteiger charge is 2.22. The zero-order valence-electron chi connectivity index (χ0n) is 11.3. The summed E-state index contributed by atoms with van der Waals surface area (Å²) in [4.78, 5) is 16.3. The van der Waals surface area contributed by atoms with Gasteiger partial charge in [0.05, 0.1) is 12.3 Å². The van der Waals surface area contributed by atoms with Gasteiger partial charge in [0.25, 0.3) is 0 Å². The van der Waals surface area contributed by atoms with Gasteiger partial charge in [0.2, 0.25) is 0 Å². The standard InChI is InChI=1S/C13H17N3O3S/c1-2-10-5-3-4-8-15(10)13(20)14-9-11-6-7-12(19-11)16(17)18/h6-7,9-10H,2-5,8H2,1H3/b14-9+. The third-order valence-corrected chi connectivity index (χ3v) is 3.78. The summed E-state index contributed by atoms with van der Waals surface area (Å²) in [5, 5.41) is 11.0. The number of likely N-dealkylation sites (tertiary alicyclic amines) is 1. The molecule has 0 spiro atoms. The molecule has 2 heterocycles. The van der Waals surface area contributed by atoms with Crippen molar-refractivity contribution in [2.24, 2.45) is 4.99 Å². The Bertz CT molecular complexity index is 527. The van der Waals surface area contributed by atoms with Crippen LogP contribution in [0.1, 0.15) is 38.4 Å². The van der Waals surface area contributed by atoms with Crippen LogP contribution < -0.4 is 0 Å². The molecule has 0 N–H and O–H groups in total. The van der Waals surface area contributed by atoms with E-state index in [0.717, 1.165) is 25.8 Å². The molecule has 1 aliphatic rings. The summed E-state index contributed by atoms with van der Waals surface area (Å²) in [5.41, 5.74) is 0. The van der Waals surface area contributed by atoms with Crippen LogP contribution in [0.5, 0.6) is 0 Å². The predicted molar refractivity (Wildman–Crippen MR) is 80.2 cm³/mol. The van der Waals surface area contributed by atoms with E-state index in [1.54, 1.807) is 0 Å². The Labute approximate surface area is 122 Å². The number of hydrogen-bond acceptors (Lipinski definition) is 4. The Kier molecular flexibility index (Phi) is 4.84. The summed E-state index contributed by atoms with van der Waals surface area (Å²) < 4.78 is 5.01. The monoisotopic (exact) mass is 295 g/mol. The lowest BCUT2D eigenvalue weighted by Gasteiger charge is -2.35. The smallest absolute Gasteiger partial charge is 0.400 e. The summed E-state index contributed by atoms with van der Waals surface area (Å²) in [6.07, 6.45) is 5.97. The normalized spacial score (nSPS) is 19.4. The van der Waals surface area contributed by atoms with E-state index in [2.05, 4.69) is 16.8 Å². The molecule has 0 aromatic carbocycles. The van der Waals surface area contributed by atoms with Gasteiger partial charge in [-0.2, -0.15) is 0 Å². The van der Waals surface area contributed by atoms with Crippen LogP contribution in [0.4, 0.5) is 5.88 Å². The second kappa shape index (κ2) is 6.60. The zero-order chi connectivity index (χ0) is 14.5. The number of thiocarbonyl (C=S) groups is 1. The van der Waals surface area contributed by atoms with Crippen LogP contribution in [-0.4, -0.2) is 33.7 Å². The average Bonchev–Trinajstić information content (AvgIpc) is 2.94. The van der Waals surface area contributed by atoms with Crippen LogP contribution in [-0.2, 0) is 0 Å². The quantitative estimate of drug-likeness (QED) is 0.371. The van der Waals surface area contributed by atoms with Crippen LogP contribution in [0.15, 0.2) is 21.5 Å². The van der Waals surface area contributed by atoms with Crippen molar-refractivity contribution >= 4 is 29.4 Å². The van der Waals surface area contributed by atoms with Crippen molar-refractivity contribution in [3.63, 3.8) is 0 Å². The Morgan fingerprint density at radius 1 is 1.65 bits per heavy atom.